The van der Waals surface area contributed by atoms with Crippen molar-refractivity contribution in [2.75, 3.05) is 19.5 Å². The number of benzene rings is 2. The van der Waals surface area contributed by atoms with Gasteiger partial charge < -0.3 is 18.9 Å². The van der Waals surface area contributed by atoms with Crippen molar-refractivity contribution in [1.29, 1.82) is 0 Å². The summed E-state index contributed by atoms with van der Waals surface area (Å²) in [4.78, 5) is 16.7. The van der Waals surface area contributed by atoms with E-state index < -0.39 is 6.09 Å². The zero-order chi connectivity index (χ0) is 22.7. The molecule has 1 heterocycles. The SMILES string of the molecule is COc1cc2nccc(Oc3ccc(NC(=O)OC4CCCC4)c(C)c3C)c2cc1OC. The normalized spacial score (nSPS) is 13.8. The fraction of sp³-hybridized carbons (Fsp3) is 0.360. The number of aromatic nitrogens is 1. The molecule has 1 aliphatic carbocycles. The molecule has 1 amide bonds. The number of fused-ring (bicyclic) bond motifs is 1. The molecule has 0 atom stereocenters. The third-order valence-electron chi connectivity index (χ3n) is 5.98. The highest BCUT2D eigenvalue weighted by Gasteiger charge is 2.20. The average molecular weight is 437 g/mol. The number of carbonyl (C=O) groups excluding carboxylic acids is 1. The van der Waals surface area contributed by atoms with Crippen molar-refractivity contribution in [1.82, 2.24) is 4.98 Å². The predicted molar refractivity (Wildman–Crippen MR) is 123 cm³/mol. The summed E-state index contributed by atoms with van der Waals surface area (Å²) in [6.07, 6.45) is 5.42. The fourth-order valence-corrected chi connectivity index (χ4v) is 3.99. The number of rotatable bonds is 6. The van der Waals surface area contributed by atoms with Crippen LogP contribution in [0.15, 0.2) is 36.5 Å². The number of methoxy groups -OCH3 is 2. The van der Waals surface area contributed by atoms with E-state index in [1.54, 1.807) is 20.4 Å². The maximum absolute atomic E-state index is 12.3. The Morgan fingerprint density at radius 3 is 2.38 bits per heavy atom. The van der Waals surface area contributed by atoms with Gasteiger partial charge in [0.1, 0.15) is 17.6 Å². The molecule has 0 aliphatic heterocycles. The minimum atomic E-state index is -0.408. The van der Waals surface area contributed by atoms with Crippen molar-refractivity contribution in [3.63, 3.8) is 0 Å². The molecule has 0 unspecified atom stereocenters. The first-order chi connectivity index (χ1) is 15.5. The van der Waals surface area contributed by atoms with E-state index in [-0.39, 0.29) is 6.10 Å². The Balaban J connectivity index is 1.57. The molecular weight excluding hydrogens is 408 g/mol. The maximum Gasteiger partial charge on any atom is 0.411 e. The molecule has 32 heavy (non-hydrogen) atoms. The van der Waals surface area contributed by atoms with E-state index in [2.05, 4.69) is 10.3 Å². The lowest BCUT2D eigenvalue weighted by Gasteiger charge is -2.17. The summed E-state index contributed by atoms with van der Waals surface area (Å²) in [5, 5.41) is 3.68. The highest BCUT2D eigenvalue weighted by molar-refractivity contribution is 5.89. The minimum absolute atomic E-state index is 0.0228. The second-order valence-electron chi connectivity index (χ2n) is 7.93. The lowest BCUT2D eigenvalue weighted by Crippen LogP contribution is -2.20. The van der Waals surface area contributed by atoms with Crippen molar-refractivity contribution >= 4 is 22.7 Å². The van der Waals surface area contributed by atoms with Gasteiger partial charge in [-0.1, -0.05) is 0 Å². The largest absolute Gasteiger partial charge is 0.493 e. The van der Waals surface area contributed by atoms with Gasteiger partial charge in [0.05, 0.1) is 19.7 Å². The van der Waals surface area contributed by atoms with Crippen LogP contribution in [-0.4, -0.2) is 31.4 Å². The number of nitrogens with one attached hydrogen (secondary N) is 1. The fourth-order valence-electron chi connectivity index (χ4n) is 3.99. The Labute approximate surface area is 187 Å². The monoisotopic (exact) mass is 436 g/mol. The lowest BCUT2D eigenvalue weighted by molar-refractivity contribution is 0.114. The van der Waals surface area contributed by atoms with Gasteiger partial charge in [0.15, 0.2) is 11.5 Å². The number of nitrogens with zero attached hydrogens (tertiary/aromatic N) is 1. The van der Waals surface area contributed by atoms with Crippen molar-refractivity contribution in [3.8, 4) is 23.0 Å². The van der Waals surface area contributed by atoms with E-state index in [9.17, 15) is 4.79 Å². The van der Waals surface area contributed by atoms with E-state index in [1.165, 1.54) is 0 Å². The maximum atomic E-state index is 12.3. The van der Waals surface area contributed by atoms with Crippen molar-refractivity contribution in [3.05, 3.63) is 47.7 Å². The number of anilines is 1. The second-order valence-corrected chi connectivity index (χ2v) is 7.93. The molecule has 0 radical (unpaired) electrons. The van der Waals surface area contributed by atoms with Crippen molar-refractivity contribution in [2.24, 2.45) is 0 Å². The van der Waals surface area contributed by atoms with Gasteiger partial charge in [-0.05, 0) is 74.9 Å². The smallest absolute Gasteiger partial charge is 0.411 e. The molecular formula is C25H28N2O5. The Hall–Kier alpha value is -3.48. The van der Waals surface area contributed by atoms with Gasteiger partial charge in [-0.2, -0.15) is 0 Å². The van der Waals surface area contributed by atoms with Gasteiger partial charge in [0.2, 0.25) is 0 Å². The third-order valence-corrected chi connectivity index (χ3v) is 5.98. The summed E-state index contributed by atoms with van der Waals surface area (Å²) in [5.74, 6) is 2.56. The van der Waals surface area contributed by atoms with Gasteiger partial charge in [-0.3, -0.25) is 10.3 Å². The third kappa shape index (κ3) is 4.42. The summed E-state index contributed by atoms with van der Waals surface area (Å²) in [6, 6.07) is 9.17. The Kier molecular flexibility index (Phi) is 6.35. The van der Waals surface area contributed by atoms with E-state index in [4.69, 9.17) is 18.9 Å². The lowest BCUT2D eigenvalue weighted by atomic mass is 10.1. The van der Waals surface area contributed by atoms with Gasteiger partial charge in [-0.25, -0.2) is 4.79 Å². The van der Waals surface area contributed by atoms with Gasteiger partial charge in [-0.15, -0.1) is 0 Å². The van der Waals surface area contributed by atoms with Crippen LogP contribution in [0.4, 0.5) is 10.5 Å². The highest BCUT2D eigenvalue weighted by atomic mass is 16.6. The number of pyridine rings is 1. The molecule has 168 valence electrons. The van der Waals surface area contributed by atoms with Crippen LogP contribution in [0.2, 0.25) is 0 Å². The van der Waals surface area contributed by atoms with E-state index in [0.29, 0.717) is 28.7 Å². The topological polar surface area (TPSA) is 78.9 Å². The molecule has 1 aromatic heterocycles. The van der Waals surface area contributed by atoms with Gasteiger partial charge >= 0.3 is 6.09 Å². The zero-order valence-corrected chi connectivity index (χ0v) is 18.9. The molecule has 0 saturated heterocycles. The number of amides is 1. The summed E-state index contributed by atoms with van der Waals surface area (Å²) < 4.78 is 22.6. The Morgan fingerprint density at radius 2 is 1.66 bits per heavy atom. The molecule has 1 aliphatic rings. The summed E-state index contributed by atoms with van der Waals surface area (Å²) in [6.45, 7) is 3.91. The summed E-state index contributed by atoms with van der Waals surface area (Å²) >= 11 is 0. The number of carbonyl (C=O) groups is 1. The standard InChI is InChI=1S/C25H28N2O5/c1-15-16(2)21(10-9-19(15)27-25(28)31-17-7-5-6-8-17)32-22-11-12-26-20-14-24(30-4)23(29-3)13-18(20)22/h9-14,17H,5-8H2,1-4H3,(H,27,28). The van der Waals surface area contributed by atoms with Crippen molar-refractivity contribution in [2.45, 2.75) is 45.6 Å². The van der Waals surface area contributed by atoms with Gasteiger partial charge in [0, 0.05) is 23.3 Å². The molecule has 7 heteroatoms. The predicted octanol–water partition coefficient (Wildman–Crippen LogP) is 6.15. The molecule has 0 bridgehead atoms. The van der Waals surface area contributed by atoms with Crippen LogP contribution in [0.3, 0.4) is 0 Å². The van der Waals surface area contributed by atoms with Crippen LogP contribution < -0.4 is 19.5 Å². The second kappa shape index (κ2) is 9.34. The van der Waals surface area contributed by atoms with Gasteiger partial charge in [0.25, 0.3) is 0 Å². The van der Waals surface area contributed by atoms with Crippen LogP contribution in [0.25, 0.3) is 10.9 Å². The molecule has 7 nitrogen and oxygen atoms in total. The zero-order valence-electron chi connectivity index (χ0n) is 18.9. The first-order valence-corrected chi connectivity index (χ1v) is 10.8. The molecule has 0 spiro atoms. The molecule has 2 aromatic carbocycles. The molecule has 4 rings (SSSR count). The van der Waals surface area contributed by atoms with Crippen LogP contribution in [0.5, 0.6) is 23.0 Å². The van der Waals surface area contributed by atoms with Crippen LogP contribution in [-0.2, 0) is 4.74 Å². The number of ether oxygens (including phenoxy) is 4. The molecule has 1 N–H and O–H groups in total. The quantitative estimate of drug-likeness (QED) is 0.499. The first kappa shape index (κ1) is 21.7. The Bertz CT molecular complexity index is 1140. The van der Waals surface area contributed by atoms with Crippen LogP contribution >= 0.6 is 0 Å². The van der Waals surface area contributed by atoms with Crippen molar-refractivity contribution < 1.29 is 23.7 Å². The summed E-state index contributed by atoms with van der Waals surface area (Å²) in [7, 11) is 3.19. The average Bonchev–Trinajstić information content (AvgIpc) is 3.30. The number of hydrogen-bond donors (Lipinski definition) is 1. The molecule has 1 saturated carbocycles. The molecule has 1 fully saturated rings. The molecule has 3 aromatic rings. The van der Waals surface area contributed by atoms with E-state index >= 15 is 0 Å². The van der Waals surface area contributed by atoms with Crippen LogP contribution in [0.1, 0.15) is 36.8 Å². The first-order valence-electron chi connectivity index (χ1n) is 10.8. The summed E-state index contributed by atoms with van der Waals surface area (Å²) in [5.41, 5.74) is 3.30. The minimum Gasteiger partial charge on any atom is -0.493 e. The Morgan fingerprint density at radius 1 is 0.938 bits per heavy atom. The highest BCUT2D eigenvalue weighted by Crippen LogP contribution is 2.38. The number of hydrogen-bond acceptors (Lipinski definition) is 6. The van der Waals surface area contributed by atoms with Crippen LogP contribution in [0, 0.1) is 13.8 Å². The van der Waals surface area contributed by atoms with E-state index in [0.717, 1.165) is 47.7 Å². The van der Waals surface area contributed by atoms with E-state index in [1.807, 2.05) is 44.2 Å².